The van der Waals surface area contributed by atoms with Crippen LogP contribution in [0, 0.1) is 5.82 Å². The molecule has 3 aromatic rings. The Balaban J connectivity index is 1.71. The molecular weight excluding hydrogens is 273 g/mol. The van der Waals surface area contributed by atoms with E-state index < -0.39 is 0 Å². The van der Waals surface area contributed by atoms with E-state index in [4.69, 9.17) is 4.42 Å². The molecule has 4 heteroatoms. The highest BCUT2D eigenvalue weighted by atomic mass is 32.2. The van der Waals surface area contributed by atoms with E-state index in [0.29, 0.717) is 16.5 Å². The van der Waals surface area contributed by atoms with Crippen LogP contribution in [0.1, 0.15) is 5.89 Å². The van der Waals surface area contributed by atoms with E-state index in [1.807, 2.05) is 36.4 Å². The van der Waals surface area contributed by atoms with Gasteiger partial charge in [0, 0.05) is 10.5 Å². The van der Waals surface area contributed by atoms with Crippen molar-refractivity contribution in [3.8, 4) is 11.3 Å². The van der Waals surface area contributed by atoms with Crippen LogP contribution in [0.3, 0.4) is 0 Å². The van der Waals surface area contributed by atoms with Crippen molar-refractivity contribution in [1.29, 1.82) is 0 Å². The lowest BCUT2D eigenvalue weighted by molar-refractivity contribution is 0.529. The molecule has 0 bridgehead atoms. The lowest BCUT2D eigenvalue weighted by Gasteiger charge is -2.00. The zero-order chi connectivity index (χ0) is 13.8. The van der Waals surface area contributed by atoms with Crippen molar-refractivity contribution in [3.05, 3.63) is 72.5 Å². The molecule has 0 amide bonds. The Kier molecular flexibility index (Phi) is 3.83. The van der Waals surface area contributed by atoms with Gasteiger partial charge in [0.1, 0.15) is 5.82 Å². The molecule has 3 rings (SSSR count). The van der Waals surface area contributed by atoms with Crippen LogP contribution in [0.2, 0.25) is 0 Å². The first-order chi connectivity index (χ1) is 9.83. The third-order valence-electron chi connectivity index (χ3n) is 2.80. The number of benzene rings is 2. The third-order valence-corrected chi connectivity index (χ3v) is 3.83. The quantitative estimate of drug-likeness (QED) is 0.646. The van der Waals surface area contributed by atoms with Gasteiger partial charge in [0.05, 0.1) is 11.9 Å². The van der Waals surface area contributed by atoms with Crippen molar-refractivity contribution in [2.75, 3.05) is 0 Å². The molecule has 0 N–H and O–H groups in total. The number of hydrogen-bond acceptors (Lipinski definition) is 3. The molecule has 2 nitrogen and oxygen atoms in total. The summed E-state index contributed by atoms with van der Waals surface area (Å²) in [6.07, 6.45) is 1.70. The fraction of sp³-hybridized carbons (Fsp3) is 0.0625. The number of aromatic nitrogens is 1. The summed E-state index contributed by atoms with van der Waals surface area (Å²) in [5, 5.41) is 0. The lowest BCUT2D eigenvalue weighted by atomic mass is 10.2. The normalized spacial score (nSPS) is 10.7. The Morgan fingerprint density at radius 2 is 1.75 bits per heavy atom. The van der Waals surface area contributed by atoms with Gasteiger partial charge in [0.25, 0.3) is 0 Å². The molecule has 0 radical (unpaired) electrons. The standard InChI is InChI=1S/C16H12FNOS/c17-13-8-4-5-9-15(13)20-11-16-18-10-14(19-16)12-6-2-1-3-7-12/h1-10H,11H2. The number of thioether (sulfide) groups is 1. The van der Waals surface area contributed by atoms with E-state index in [1.165, 1.54) is 17.8 Å². The number of rotatable bonds is 4. The highest BCUT2D eigenvalue weighted by Crippen LogP contribution is 2.27. The van der Waals surface area contributed by atoms with Gasteiger partial charge in [-0.05, 0) is 12.1 Å². The zero-order valence-corrected chi connectivity index (χ0v) is 11.4. The predicted octanol–water partition coefficient (Wildman–Crippen LogP) is 4.77. The van der Waals surface area contributed by atoms with Crippen LogP contribution < -0.4 is 0 Å². The first kappa shape index (κ1) is 12.9. The van der Waals surface area contributed by atoms with Crippen molar-refractivity contribution < 1.29 is 8.81 Å². The van der Waals surface area contributed by atoms with E-state index in [2.05, 4.69) is 4.98 Å². The van der Waals surface area contributed by atoms with Gasteiger partial charge < -0.3 is 4.42 Å². The maximum absolute atomic E-state index is 13.5. The molecule has 0 aliphatic heterocycles. The third kappa shape index (κ3) is 2.91. The fourth-order valence-corrected chi connectivity index (χ4v) is 2.61. The summed E-state index contributed by atoms with van der Waals surface area (Å²) < 4.78 is 19.2. The maximum atomic E-state index is 13.5. The summed E-state index contributed by atoms with van der Waals surface area (Å²) in [6.45, 7) is 0. The monoisotopic (exact) mass is 285 g/mol. The highest BCUT2D eigenvalue weighted by molar-refractivity contribution is 7.98. The van der Waals surface area contributed by atoms with Gasteiger partial charge in [-0.15, -0.1) is 11.8 Å². The first-order valence-corrected chi connectivity index (χ1v) is 7.19. The average molecular weight is 285 g/mol. The molecule has 0 atom stereocenters. The second-order valence-electron chi connectivity index (χ2n) is 4.20. The van der Waals surface area contributed by atoms with E-state index in [0.717, 1.165) is 11.3 Å². The minimum absolute atomic E-state index is 0.215. The van der Waals surface area contributed by atoms with Crippen molar-refractivity contribution in [3.63, 3.8) is 0 Å². The summed E-state index contributed by atoms with van der Waals surface area (Å²) in [7, 11) is 0. The molecular formula is C16H12FNOS. The summed E-state index contributed by atoms with van der Waals surface area (Å²) in [4.78, 5) is 4.83. The topological polar surface area (TPSA) is 26.0 Å². The zero-order valence-electron chi connectivity index (χ0n) is 10.6. The molecule has 1 heterocycles. The minimum Gasteiger partial charge on any atom is -0.440 e. The largest absolute Gasteiger partial charge is 0.440 e. The van der Waals surface area contributed by atoms with Gasteiger partial charge in [0.15, 0.2) is 5.76 Å². The van der Waals surface area contributed by atoms with Gasteiger partial charge in [-0.2, -0.15) is 0 Å². The molecule has 100 valence electrons. The van der Waals surface area contributed by atoms with Crippen molar-refractivity contribution in [1.82, 2.24) is 4.98 Å². The molecule has 0 spiro atoms. The van der Waals surface area contributed by atoms with Gasteiger partial charge in [0.2, 0.25) is 5.89 Å². The summed E-state index contributed by atoms with van der Waals surface area (Å²) in [5.41, 5.74) is 0.988. The Morgan fingerprint density at radius 1 is 1.00 bits per heavy atom. The van der Waals surface area contributed by atoms with Gasteiger partial charge in [-0.25, -0.2) is 9.37 Å². The van der Waals surface area contributed by atoms with E-state index in [-0.39, 0.29) is 5.82 Å². The SMILES string of the molecule is Fc1ccccc1SCc1ncc(-c2ccccc2)o1. The van der Waals surface area contributed by atoms with E-state index in [1.54, 1.807) is 18.3 Å². The lowest BCUT2D eigenvalue weighted by Crippen LogP contribution is -1.82. The van der Waals surface area contributed by atoms with Gasteiger partial charge >= 0.3 is 0 Å². The van der Waals surface area contributed by atoms with Crippen LogP contribution in [-0.2, 0) is 5.75 Å². The van der Waals surface area contributed by atoms with Crippen molar-refractivity contribution in [2.24, 2.45) is 0 Å². The Morgan fingerprint density at radius 3 is 2.55 bits per heavy atom. The number of nitrogens with zero attached hydrogens (tertiary/aromatic N) is 1. The smallest absolute Gasteiger partial charge is 0.205 e. The molecule has 1 aromatic heterocycles. The summed E-state index contributed by atoms with van der Waals surface area (Å²) >= 11 is 1.38. The molecule has 0 aliphatic rings. The van der Waals surface area contributed by atoms with Crippen LogP contribution in [-0.4, -0.2) is 4.98 Å². The number of oxazole rings is 1. The van der Waals surface area contributed by atoms with Crippen LogP contribution in [0.15, 0.2) is 70.1 Å². The number of hydrogen-bond donors (Lipinski definition) is 0. The molecule has 2 aromatic carbocycles. The highest BCUT2D eigenvalue weighted by Gasteiger charge is 2.08. The molecule has 0 fully saturated rings. The molecule has 20 heavy (non-hydrogen) atoms. The first-order valence-electron chi connectivity index (χ1n) is 6.20. The Labute approximate surface area is 120 Å². The minimum atomic E-state index is -0.215. The fourth-order valence-electron chi connectivity index (χ4n) is 1.81. The molecule has 0 unspecified atom stereocenters. The van der Waals surface area contributed by atoms with E-state index in [9.17, 15) is 4.39 Å². The van der Waals surface area contributed by atoms with Crippen molar-refractivity contribution in [2.45, 2.75) is 10.6 Å². The predicted molar refractivity (Wildman–Crippen MR) is 77.9 cm³/mol. The van der Waals surface area contributed by atoms with Crippen LogP contribution in [0.5, 0.6) is 0 Å². The van der Waals surface area contributed by atoms with Gasteiger partial charge in [-0.1, -0.05) is 42.5 Å². The average Bonchev–Trinajstić information content (AvgIpc) is 2.96. The molecule has 0 saturated carbocycles. The van der Waals surface area contributed by atoms with Crippen LogP contribution in [0.4, 0.5) is 4.39 Å². The van der Waals surface area contributed by atoms with E-state index >= 15 is 0 Å². The van der Waals surface area contributed by atoms with Crippen molar-refractivity contribution >= 4 is 11.8 Å². The maximum Gasteiger partial charge on any atom is 0.205 e. The summed E-state index contributed by atoms with van der Waals surface area (Å²) in [5.74, 6) is 1.62. The second-order valence-corrected chi connectivity index (χ2v) is 5.22. The number of halogens is 1. The Bertz CT molecular complexity index is 696. The second kappa shape index (κ2) is 5.92. The summed E-state index contributed by atoms with van der Waals surface area (Å²) in [6, 6.07) is 16.5. The van der Waals surface area contributed by atoms with Gasteiger partial charge in [-0.3, -0.25) is 0 Å². The molecule has 0 saturated heterocycles. The van der Waals surface area contributed by atoms with Crippen LogP contribution >= 0.6 is 11.8 Å². The Hall–Kier alpha value is -2.07. The van der Waals surface area contributed by atoms with Crippen LogP contribution in [0.25, 0.3) is 11.3 Å². The molecule has 0 aliphatic carbocycles.